The fraction of sp³-hybridized carbons (Fsp3) is 0.393. The number of fused-ring (bicyclic) bond motifs is 3. The largest absolute Gasteiger partial charge is 0.493 e. The van der Waals surface area contributed by atoms with E-state index < -0.39 is 34.8 Å². The predicted molar refractivity (Wildman–Crippen MR) is 132 cm³/mol. The standard InChI is InChI=1S/C28H30N2O5/c1-27(2,3)25(31)24-23(18-11-13-20(33-4)21(15-18)34-5)28(16-29,26(32)35-6)22-14-12-17-9-7-8-10-19(17)30(22)24/h7-15,22-24H,1-6H3/t22-,23-,24+,28-/m1/s1. The molecule has 0 N–H and O–H groups in total. The van der Waals surface area contributed by atoms with Gasteiger partial charge in [-0.3, -0.25) is 9.59 Å². The van der Waals surface area contributed by atoms with Crippen LogP contribution in [0.15, 0.2) is 48.5 Å². The zero-order chi connectivity index (χ0) is 25.5. The van der Waals surface area contributed by atoms with E-state index in [9.17, 15) is 14.9 Å². The highest BCUT2D eigenvalue weighted by Gasteiger charge is 2.67. The first-order valence-corrected chi connectivity index (χ1v) is 11.5. The van der Waals surface area contributed by atoms with Gasteiger partial charge in [0.2, 0.25) is 0 Å². The van der Waals surface area contributed by atoms with E-state index in [1.54, 1.807) is 18.2 Å². The highest BCUT2D eigenvalue weighted by molar-refractivity contribution is 5.99. The van der Waals surface area contributed by atoms with Crippen LogP contribution in [0.1, 0.15) is 37.8 Å². The summed E-state index contributed by atoms with van der Waals surface area (Å²) in [6.07, 6.45) is 3.74. The van der Waals surface area contributed by atoms with Gasteiger partial charge in [0.25, 0.3) is 0 Å². The van der Waals surface area contributed by atoms with E-state index in [2.05, 4.69) is 6.07 Å². The quantitative estimate of drug-likeness (QED) is 0.595. The molecule has 2 aromatic rings. The normalized spacial score (nSPS) is 24.7. The predicted octanol–water partition coefficient (Wildman–Crippen LogP) is 4.37. The first-order valence-electron chi connectivity index (χ1n) is 11.5. The number of Topliss-reactive ketones (excluding diaryl/α,β-unsaturated/α-hetero) is 1. The van der Waals surface area contributed by atoms with Crippen LogP contribution in [0.5, 0.6) is 11.5 Å². The Morgan fingerprint density at radius 3 is 2.31 bits per heavy atom. The number of hydrogen-bond donors (Lipinski definition) is 0. The van der Waals surface area contributed by atoms with Crippen LogP contribution in [0.2, 0.25) is 0 Å². The minimum absolute atomic E-state index is 0.0755. The van der Waals surface area contributed by atoms with Crippen molar-refractivity contribution >= 4 is 23.5 Å². The fourth-order valence-electron chi connectivity index (χ4n) is 5.40. The molecule has 0 radical (unpaired) electrons. The second kappa shape index (κ2) is 8.77. The molecule has 0 bridgehead atoms. The molecule has 0 saturated carbocycles. The van der Waals surface area contributed by atoms with Crippen LogP contribution in [0.4, 0.5) is 5.69 Å². The molecule has 2 aliphatic heterocycles. The van der Waals surface area contributed by atoms with E-state index in [1.807, 2.05) is 62.1 Å². The molecular formula is C28H30N2O5. The van der Waals surface area contributed by atoms with Gasteiger partial charge in [-0.25, -0.2) is 0 Å². The number of carbonyl (C=O) groups excluding carboxylic acids is 2. The smallest absolute Gasteiger partial charge is 0.329 e. The van der Waals surface area contributed by atoms with Crippen LogP contribution < -0.4 is 14.4 Å². The monoisotopic (exact) mass is 474 g/mol. The summed E-state index contributed by atoms with van der Waals surface area (Å²) in [6, 6.07) is 13.8. The molecule has 0 aliphatic carbocycles. The Balaban J connectivity index is 2.07. The summed E-state index contributed by atoms with van der Waals surface area (Å²) in [4.78, 5) is 29.6. The van der Waals surface area contributed by atoms with Crippen LogP contribution in [0, 0.1) is 22.2 Å². The molecule has 1 fully saturated rings. The third kappa shape index (κ3) is 3.56. The molecule has 2 aliphatic rings. The van der Waals surface area contributed by atoms with Gasteiger partial charge in [-0.05, 0) is 29.3 Å². The van der Waals surface area contributed by atoms with Crippen molar-refractivity contribution in [2.75, 3.05) is 26.2 Å². The number of ether oxygens (including phenoxy) is 3. The summed E-state index contributed by atoms with van der Waals surface area (Å²) in [5.74, 6) is -0.621. The second-order valence-corrected chi connectivity index (χ2v) is 9.89. The lowest BCUT2D eigenvalue weighted by molar-refractivity contribution is -0.150. The maximum atomic E-state index is 14.1. The lowest BCUT2D eigenvalue weighted by atomic mass is 9.67. The van der Waals surface area contributed by atoms with Gasteiger partial charge in [0, 0.05) is 17.0 Å². The summed E-state index contributed by atoms with van der Waals surface area (Å²) in [5.41, 5.74) is -0.0714. The minimum atomic E-state index is -1.68. The third-order valence-corrected chi connectivity index (χ3v) is 7.03. The van der Waals surface area contributed by atoms with E-state index in [-0.39, 0.29) is 5.78 Å². The Morgan fingerprint density at radius 2 is 1.71 bits per heavy atom. The summed E-state index contributed by atoms with van der Waals surface area (Å²) in [5, 5.41) is 10.7. The Kier molecular flexibility index (Phi) is 6.10. The highest BCUT2D eigenvalue weighted by atomic mass is 16.5. The summed E-state index contributed by atoms with van der Waals surface area (Å²) in [7, 11) is 4.33. The molecule has 1 saturated heterocycles. The number of para-hydroxylation sites is 1. The number of carbonyl (C=O) groups is 2. The summed E-state index contributed by atoms with van der Waals surface area (Å²) in [6.45, 7) is 5.56. The van der Waals surface area contributed by atoms with Crippen molar-refractivity contribution in [1.29, 1.82) is 5.26 Å². The molecule has 35 heavy (non-hydrogen) atoms. The fourth-order valence-corrected chi connectivity index (χ4v) is 5.40. The van der Waals surface area contributed by atoms with Crippen LogP contribution in [0.3, 0.4) is 0 Å². The van der Waals surface area contributed by atoms with Crippen molar-refractivity contribution in [3.8, 4) is 17.6 Å². The Hall–Kier alpha value is -3.79. The third-order valence-electron chi connectivity index (χ3n) is 7.03. The van der Waals surface area contributed by atoms with Crippen molar-refractivity contribution in [3.05, 3.63) is 59.7 Å². The number of ketones is 1. The number of methoxy groups -OCH3 is 3. The minimum Gasteiger partial charge on any atom is -0.493 e. The number of nitrogens with zero attached hydrogens (tertiary/aromatic N) is 2. The van der Waals surface area contributed by atoms with Crippen molar-refractivity contribution in [1.82, 2.24) is 0 Å². The first-order chi connectivity index (χ1) is 16.6. The Bertz CT molecular complexity index is 1240. The number of hydrogen-bond acceptors (Lipinski definition) is 7. The van der Waals surface area contributed by atoms with Gasteiger partial charge in [-0.1, -0.05) is 57.2 Å². The molecule has 4 atom stereocenters. The van der Waals surface area contributed by atoms with E-state index >= 15 is 0 Å². The van der Waals surface area contributed by atoms with Gasteiger partial charge < -0.3 is 19.1 Å². The first kappa shape index (κ1) is 24.3. The van der Waals surface area contributed by atoms with Crippen LogP contribution in [-0.2, 0) is 14.3 Å². The van der Waals surface area contributed by atoms with Crippen LogP contribution in [-0.4, -0.2) is 45.2 Å². The molecule has 7 nitrogen and oxygen atoms in total. The molecular weight excluding hydrogens is 444 g/mol. The summed E-state index contributed by atoms with van der Waals surface area (Å²) < 4.78 is 16.2. The van der Waals surface area contributed by atoms with E-state index in [0.29, 0.717) is 17.1 Å². The van der Waals surface area contributed by atoms with Crippen molar-refractivity contribution in [2.24, 2.45) is 10.8 Å². The molecule has 0 amide bonds. The molecule has 2 heterocycles. The molecule has 182 valence electrons. The van der Waals surface area contributed by atoms with E-state index in [0.717, 1.165) is 11.3 Å². The molecule has 0 aromatic heterocycles. The number of anilines is 1. The average molecular weight is 475 g/mol. The highest BCUT2D eigenvalue weighted by Crippen LogP contribution is 2.57. The molecule has 4 rings (SSSR count). The van der Waals surface area contributed by atoms with E-state index in [1.165, 1.54) is 21.3 Å². The van der Waals surface area contributed by atoms with Gasteiger partial charge in [0.15, 0.2) is 22.7 Å². The number of rotatable bonds is 5. The summed E-state index contributed by atoms with van der Waals surface area (Å²) >= 11 is 0. The average Bonchev–Trinajstić information content (AvgIpc) is 3.18. The van der Waals surface area contributed by atoms with E-state index in [4.69, 9.17) is 14.2 Å². The van der Waals surface area contributed by atoms with Gasteiger partial charge in [-0.2, -0.15) is 5.26 Å². The Morgan fingerprint density at radius 1 is 1.03 bits per heavy atom. The Labute approximate surface area is 205 Å². The van der Waals surface area contributed by atoms with Crippen molar-refractivity contribution < 1.29 is 23.8 Å². The van der Waals surface area contributed by atoms with Crippen LogP contribution in [0.25, 0.3) is 6.08 Å². The zero-order valence-electron chi connectivity index (χ0n) is 20.9. The maximum absolute atomic E-state index is 14.1. The second-order valence-electron chi connectivity index (χ2n) is 9.89. The van der Waals surface area contributed by atoms with Crippen molar-refractivity contribution in [2.45, 2.75) is 38.8 Å². The number of nitriles is 1. The molecule has 0 spiro atoms. The lowest BCUT2D eigenvalue weighted by Crippen LogP contribution is -2.48. The maximum Gasteiger partial charge on any atom is 0.329 e. The van der Waals surface area contributed by atoms with Gasteiger partial charge in [0.1, 0.15) is 0 Å². The topological polar surface area (TPSA) is 88.9 Å². The SMILES string of the molecule is COC(=O)[C@@]1(C#N)[C@H](c2ccc(OC)c(OC)c2)[C@@H](C(=O)C(C)(C)C)N2c3ccccc3C=C[C@@H]21. The zero-order valence-corrected chi connectivity index (χ0v) is 20.9. The van der Waals surface area contributed by atoms with Crippen molar-refractivity contribution in [3.63, 3.8) is 0 Å². The van der Waals surface area contributed by atoms with Gasteiger partial charge in [0.05, 0.1) is 39.5 Å². The van der Waals surface area contributed by atoms with Gasteiger partial charge in [-0.15, -0.1) is 0 Å². The van der Waals surface area contributed by atoms with Crippen LogP contribution >= 0.6 is 0 Å². The lowest BCUT2D eigenvalue weighted by Gasteiger charge is -2.37. The van der Waals surface area contributed by atoms with Gasteiger partial charge >= 0.3 is 5.97 Å². The number of benzene rings is 2. The molecule has 2 aromatic carbocycles. The molecule has 0 unspecified atom stereocenters. The molecule has 7 heteroatoms. The number of esters is 1.